The number of benzene rings is 2. The Balaban J connectivity index is 1.68. The van der Waals surface area contributed by atoms with Crippen molar-refractivity contribution in [1.82, 2.24) is 14.5 Å². The van der Waals surface area contributed by atoms with Crippen molar-refractivity contribution in [1.29, 1.82) is 0 Å². The SMILES string of the molecule is C=CCn1c(=S)[nH]c2cc(C(=O)Nc3nc4ccc(C)cc4s3)ccc2c1=O. The number of aromatic amines is 1. The molecule has 0 atom stereocenters. The van der Waals surface area contributed by atoms with Crippen LogP contribution in [-0.2, 0) is 6.54 Å². The van der Waals surface area contributed by atoms with E-state index in [0.717, 1.165) is 15.8 Å². The molecule has 2 aromatic carbocycles. The number of hydrogen-bond donors (Lipinski definition) is 2. The smallest absolute Gasteiger partial charge is 0.262 e. The maximum absolute atomic E-state index is 12.7. The van der Waals surface area contributed by atoms with E-state index in [1.807, 2.05) is 25.1 Å². The number of aryl methyl sites for hydroxylation is 1. The van der Waals surface area contributed by atoms with Gasteiger partial charge >= 0.3 is 0 Å². The average molecular weight is 409 g/mol. The molecule has 0 radical (unpaired) electrons. The quantitative estimate of drug-likeness (QED) is 0.387. The molecule has 0 spiro atoms. The highest BCUT2D eigenvalue weighted by atomic mass is 32.1. The number of rotatable bonds is 4. The summed E-state index contributed by atoms with van der Waals surface area (Å²) in [6.45, 7) is 5.97. The highest BCUT2D eigenvalue weighted by molar-refractivity contribution is 7.71. The van der Waals surface area contributed by atoms with E-state index in [0.29, 0.717) is 28.1 Å². The fraction of sp³-hybridized carbons (Fsp3) is 0.100. The van der Waals surface area contributed by atoms with Gasteiger partial charge in [0.2, 0.25) is 0 Å². The molecular formula is C20H16N4O2S2. The van der Waals surface area contributed by atoms with Crippen LogP contribution in [0.4, 0.5) is 5.13 Å². The third kappa shape index (κ3) is 3.28. The lowest BCUT2D eigenvalue weighted by Crippen LogP contribution is -2.22. The van der Waals surface area contributed by atoms with Crippen molar-refractivity contribution in [2.75, 3.05) is 5.32 Å². The van der Waals surface area contributed by atoms with Crippen LogP contribution in [0.1, 0.15) is 15.9 Å². The van der Waals surface area contributed by atoms with E-state index in [4.69, 9.17) is 12.2 Å². The third-order valence-electron chi connectivity index (χ3n) is 4.32. The summed E-state index contributed by atoms with van der Waals surface area (Å²) >= 11 is 6.66. The van der Waals surface area contributed by atoms with Crippen molar-refractivity contribution in [3.63, 3.8) is 0 Å². The second kappa shape index (κ2) is 7.14. The number of thiazole rings is 1. The van der Waals surface area contributed by atoms with E-state index in [9.17, 15) is 9.59 Å². The summed E-state index contributed by atoms with van der Waals surface area (Å²) in [6.07, 6.45) is 1.61. The standard InChI is InChI=1S/C20H16N4O2S2/c1-3-8-24-18(26)13-6-5-12(10-15(13)22-20(24)27)17(25)23-19-21-14-7-4-11(2)9-16(14)28-19/h3-7,9-10H,1,8H2,2H3,(H,22,27)(H,21,23,25). The van der Waals surface area contributed by atoms with Gasteiger partial charge in [-0.15, -0.1) is 6.58 Å². The molecule has 4 rings (SSSR count). The molecule has 6 nitrogen and oxygen atoms in total. The minimum absolute atomic E-state index is 0.216. The van der Waals surface area contributed by atoms with E-state index in [-0.39, 0.29) is 16.2 Å². The first-order valence-electron chi connectivity index (χ1n) is 8.52. The summed E-state index contributed by atoms with van der Waals surface area (Å²) in [5.74, 6) is -0.299. The van der Waals surface area contributed by atoms with Gasteiger partial charge in [0.15, 0.2) is 9.90 Å². The minimum Gasteiger partial charge on any atom is -0.332 e. The molecule has 0 unspecified atom stereocenters. The van der Waals surface area contributed by atoms with E-state index >= 15 is 0 Å². The Labute approximate surface area is 169 Å². The lowest BCUT2D eigenvalue weighted by atomic mass is 10.1. The molecule has 28 heavy (non-hydrogen) atoms. The Hall–Kier alpha value is -3.10. The molecule has 0 aliphatic rings. The Morgan fingerprint density at radius 2 is 2.18 bits per heavy atom. The fourth-order valence-electron chi connectivity index (χ4n) is 2.95. The molecule has 4 aromatic rings. The van der Waals surface area contributed by atoms with Crippen molar-refractivity contribution in [3.8, 4) is 0 Å². The van der Waals surface area contributed by atoms with Gasteiger partial charge in [0.1, 0.15) is 0 Å². The number of amides is 1. The highest BCUT2D eigenvalue weighted by Crippen LogP contribution is 2.27. The number of carbonyl (C=O) groups excluding carboxylic acids is 1. The lowest BCUT2D eigenvalue weighted by Gasteiger charge is -2.07. The molecule has 2 N–H and O–H groups in total. The number of allylic oxidation sites excluding steroid dienone is 1. The van der Waals surface area contributed by atoms with E-state index < -0.39 is 0 Å². The summed E-state index contributed by atoms with van der Waals surface area (Å²) < 4.78 is 2.73. The number of hydrogen-bond acceptors (Lipinski definition) is 5. The number of anilines is 1. The summed E-state index contributed by atoms with van der Waals surface area (Å²) in [5, 5.41) is 3.81. The Bertz CT molecular complexity index is 1360. The largest absolute Gasteiger partial charge is 0.332 e. The van der Waals surface area contributed by atoms with E-state index in [1.54, 1.807) is 24.3 Å². The van der Waals surface area contributed by atoms with Gasteiger partial charge in [-0.1, -0.05) is 23.5 Å². The number of H-pyrrole nitrogens is 1. The van der Waals surface area contributed by atoms with Gasteiger partial charge in [-0.05, 0) is 55.0 Å². The Morgan fingerprint density at radius 3 is 2.96 bits per heavy atom. The molecule has 2 aromatic heterocycles. The van der Waals surface area contributed by atoms with E-state index in [2.05, 4.69) is 21.9 Å². The molecular weight excluding hydrogens is 392 g/mol. The van der Waals surface area contributed by atoms with Gasteiger partial charge in [-0.2, -0.15) is 0 Å². The van der Waals surface area contributed by atoms with Gasteiger partial charge < -0.3 is 4.98 Å². The highest BCUT2D eigenvalue weighted by Gasteiger charge is 2.12. The third-order valence-corrected chi connectivity index (χ3v) is 5.58. The minimum atomic E-state index is -0.299. The van der Waals surface area contributed by atoms with Crippen LogP contribution >= 0.6 is 23.6 Å². The maximum atomic E-state index is 12.7. The van der Waals surface area contributed by atoms with Crippen LogP contribution in [0.15, 0.2) is 53.8 Å². The second-order valence-corrected chi connectivity index (χ2v) is 7.76. The first-order valence-corrected chi connectivity index (χ1v) is 9.75. The molecule has 0 fully saturated rings. The molecule has 8 heteroatoms. The van der Waals surface area contributed by atoms with Crippen molar-refractivity contribution < 1.29 is 4.79 Å². The summed E-state index contributed by atoms with van der Waals surface area (Å²) in [6, 6.07) is 10.8. The van der Waals surface area contributed by atoms with Crippen molar-refractivity contribution in [2.45, 2.75) is 13.5 Å². The van der Waals surface area contributed by atoms with Gasteiger partial charge in [0.05, 0.1) is 21.1 Å². The molecule has 0 saturated heterocycles. The number of nitrogens with one attached hydrogen (secondary N) is 2. The normalized spacial score (nSPS) is 11.0. The zero-order valence-corrected chi connectivity index (χ0v) is 16.6. The monoisotopic (exact) mass is 408 g/mol. The van der Waals surface area contributed by atoms with E-state index in [1.165, 1.54) is 15.9 Å². The van der Waals surface area contributed by atoms with Crippen LogP contribution in [-0.4, -0.2) is 20.4 Å². The van der Waals surface area contributed by atoms with Crippen LogP contribution in [0.5, 0.6) is 0 Å². The summed E-state index contributed by atoms with van der Waals surface area (Å²) in [7, 11) is 0. The van der Waals surface area contributed by atoms with Crippen molar-refractivity contribution in [3.05, 3.63) is 75.3 Å². The summed E-state index contributed by atoms with van der Waals surface area (Å²) in [4.78, 5) is 32.7. The zero-order valence-electron chi connectivity index (χ0n) is 15.0. The van der Waals surface area contributed by atoms with Crippen molar-refractivity contribution >= 4 is 55.7 Å². The predicted molar refractivity (Wildman–Crippen MR) is 116 cm³/mol. The topological polar surface area (TPSA) is 79.8 Å². The fourth-order valence-corrected chi connectivity index (χ4v) is 4.17. The molecule has 0 bridgehead atoms. The average Bonchev–Trinajstić information content (AvgIpc) is 3.05. The number of fused-ring (bicyclic) bond motifs is 2. The summed E-state index contributed by atoms with van der Waals surface area (Å²) in [5.41, 5.74) is 2.70. The van der Waals surface area contributed by atoms with Crippen LogP contribution in [0.2, 0.25) is 0 Å². The molecule has 140 valence electrons. The molecule has 2 heterocycles. The number of carbonyl (C=O) groups is 1. The first kappa shape index (κ1) is 18.3. The molecule has 1 amide bonds. The van der Waals surface area contributed by atoms with Crippen LogP contribution in [0.3, 0.4) is 0 Å². The lowest BCUT2D eigenvalue weighted by molar-refractivity contribution is 0.102. The number of aromatic nitrogens is 3. The zero-order chi connectivity index (χ0) is 19.8. The second-order valence-electron chi connectivity index (χ2n) is 6.34. The van der Waals surface area contributed by atoms with Crippen LogP contribution in [0, 0.1) is 11.7 Å². The maximum Gasteiger partial charge on any atom is 0.262 e. The number of nitrogens with zero attached hydrogens (tertiary/aromatic N) is 2. The van der Waals surface area contributed by atoms with Gasteiger partial charge in [-0.25, -0.2) is 4.98 Å². The molecule has 0 aliphatic carbocycles. The van der Waals surface area contributed by atoms with Crippen molar-refractivity contribution in [2.24, 2.45) is 0 Å². The molecule has 0 aliphatic heterocycles. The van der Waals surface area contributed by atoms with Gasteiger partial charge in [-0.3, -0.25) is 19.5 Å². The van der Waals surface area contributed by atoms with Gasteiger partial charge in [0, 0.05) is 12.1 Å². The first-order chi connectivity index (χ1) is 13.5. The predicted octanol–water partition coefficient (Wildman–Crippen LogP) is 4.42. The van der Waals surface area contributed by atoms with Crippen LogP contribution < -0.4 is 10.9 Å². The molecule has 0 saturated carbocycles. The Morgan fingerprint density at radius 1 is 1.36 bits per heavy atom. The van der Waals surface area contributed by atoms with Gasteiger partial charge in [0.25, 0.3) is 11.5 Å². The Kier molecular flexibility index (Phi) is 4.66. The van der Waals surface area contributed by atoms with Crippen LogP contribution in [0.25, 0.3) is 21.1 Å².